The summed E-state index contributed by atoms with van der Waals surface area (Å²) in [5.41, 5.74) is -8.34. The van der Waals surface area contributed by atoms with Crippen LogP contribution in [-0.2, 0) is 23.6 Å². The van der Waals surface area contributed by atoms with Gasteiger partial charge in [-0.25, -0.2) is 0 Å². The minimum absolute atomic E-state index is 0.0368. The van der Waals surface area contributed by atoms with Crippen molar-refractivity contribution in [2.45, 2.75) is 44.2 Å². The van der Waals surface area contributed by atoms with E-state index < -0.39 is 69.8 Å². The summed E-state index contributed by atoms with van der Waals surface area (Å²) in [6.07, 6.45) is -17.1. The van der Waals surface area contributed by atoms with Crippen molar-refractivity contribution in [1.29, 1.82) is 0 Å². The number of allylic oxidation sites excluding steroid dienone is 1. The predicted octanol–water partition coefficient (Wildman–Crippen LogP) is 7.71. The van der Waals surface area contributed by atoms with Crippen LogP contribution in [0.2, 0.25) is 0 Å². The van der Waals surface area contributed by atoms with E-state index >= 15 is 0 Å². The lowest BCUT2D eigenvalue weighted by molar-refractivity contribution is -0.385. The number of anilines is 1. The number of hydrogen-bond acceptors (Lipinski definition) is 4. The van der Waals surface area contributed by atoms with Crippen LogP contribution in [0.1, 0.15) is 28.7 Å². The Balaban J connectivity index is 2.56. The Hall–Kier alpha value is -4.05. The average molecular weight is 605 g/mol. The summed E-state index contributed by atoms with van der Waals surface area (Å²) in [5, 5.41) is 12.5. The SMILES string of the molecule is CN=C(/C(=C\CCc1ccc([N+](=O)[O-])c(C)c1)C(=O)Nc1cc(C(F)(F)F)cc(C(F)(F)F)c1)C(F)(F)C(F)(F)F. The van der Waals surface area contributed by atoms with Gasteiger partial charge >= 0.3 is 24.5 Å². The third-order valence-electron chi connectivity index (χ3n) is 5.46. The molecule has 41 heavy (non-hydrogen) atoms. The first-order valence-electron chi connectivity index (χ1n) is 11.1. The van der Waals surface area contributed by atoms with Gasteiger partial charge in [0.15, 0.2) is 0 Å². The molecule has 17 heteroatoms. The van der Waals surface area contributed by atoms with Gasteiger partial charge in [-0.15, -0.1) is 0 Å². The number of nitrogens with zero attached hydrogens (tertiary/aromatic N) is 2. The van der Waals surface area contributed by atoms with Crippen LogP contribution >= 0.6 is 0 Å². The molecule has 0 aliphatic heterocycles. The molecular formula is C24H18F11N3O3. The summed E-state index contributed by atoms with van der Waals surface area (Å²) in [5.74, 6) is -7.65. The fourth-order valence-electron chi connectivity index (χ4n) is 3.55. The van der Waals surface area contributed by atoms with E-state index in [1.807, 2.05) is 0 Å². The van der Waals surface area contributed by atoms with E-state index in [1.54, 1.807) is 0 Å². The van der Waals surface area contributed by atoms with E-state index in [-0.39, 0.29) is 35.9 Å². The molecule has 0 heterocycles. The molecule has 6 nitrogen and oxygen atoms in total. The van der Waals surface area contributed by atoms with Crippen LogP contribution in [0, 0.1) is 17.0 Å². The monoisotopic (exact) mass is 605 g/mol. The molecule has 0 aromatic heterocycles. The first kappa shape index (κ1) is 33.2. The zero-order valence-electron chi connectivity index (χ0n) is 20.7. The summed E-state index contributed by atoms with van der Waals surface area (Å²) in [6.45, 7) is 1.37. The van der Waals surface area contributed by atoms with Crippen LogP contribution in [0.15, 0.2) is 53.0 Å². The van der Waals surface area contributed by atoms with Crippen LogP contribution in [0.25, 0.3) is 0 Å². The number of nitrogens with one attached hydrogen (secondary N) is 1. The Bertz CT molecular complexity index is 1340. The Morgan fingerprint density at radius 2 is 1.46 bits per heavy atom. The van der Waals surface area contributed by atoms with Crippen molar-refractivity contribution in [3.05, 3.63) is 80.4 Å². The van der Waals surface area contributed by atoms with Crippen LogP contribution in [0.4, 0.5) is 59.7 Å². The van der Waals surface area contributed by atoms with Crippen LogP contribution in [0.3, 0.4) is 0 Å². The number of hydrogen-bond donors (Lipinski definition) is 1. The number of halogens is 11. The van der Waals surface area contributed by atoms with Crippen LogP contribution < -0.4 is 5.32 Å². The first-order valence-corrected chi connectivity index (χ1v) is 11.1. The third-order valence-corrected chi connectivity index (χ3v) is 5.46. The molecule has 0 aliphatic carbocycles. The maximum absolute atomic E-state index is 14.3. The highest BCUT2D eigenvalue weighted by Crippen LogP contribution is 2.40. The van der Waals surface area contributed by atoms with Gasteiger partial charge in [0.1, 0.15) is 5.71 Å². The quantitative estimate of drug-likeness (QED) is 0.110. The smallest absolute Gasteiger partial charge is 0.322 e. The fraction of sp³-hybridized carbons (Fsp3) is 0.333. The fourth-order valence-corrected chi connectivity index (χ4v) is 3.55. The summed E-state index contributed by atoms with van der Waals surface area (Å²) in [6, 6.07) is 3.45. The Labute approximate surface area is 223 Å². The molecule has 0 unspecified atom stereocenters. The lowest BCUT2D eigenvalue weighted by Crippen LogP contribution is -2.46. The van der Waals surface area contributed by atoms with E-state index in [0.717, 1.165) is 6.07 Å². The van der Waals surface area contributed by atoms with E-state index in [0.29, 0.717) is 18.7 Å². The first-order chi connectivity index (χ1) is 18.6. The summed E-state index contributed by atoms with van der Waals surface area (Å²) < 4.78 is 147. The normalized spacial score (nSPS) is 13.8. The zero-order valence-corrected chi connectivity index (χ0v) is 20.7. The number of carbonyl (C=O) groups is 1. The predicted molar refractivity (Wildman–Crippen MR) is 124 cm³/mol. The summed E-state index contributed by atoms with van der Waals surface area (Å²) >= 11 is 0. The summed E-state index contributed by atoms with van der Waals surface area (Å²) in [4.78, 5) is 25.9. The Morgan fingerprint density at radius 3 is 1.88 bits per heavy atom. The number of amides is 1. The minimum Gasteiger partial charge on any atom is -0.322 e. The van der Waals surface area contributed by atoms with Crippen LogP contribution in [-0.4, -0.2) is 35.7 Å². The molecule has 0 spiro atoms. The van der Waals surface area contributed by atoms with E-state index in [9.17, 15) is 63.2 Å². The number of alkyl halides is 11. The van der Waals surface area contributed by atoms with Crippen molar-refractivity contribution in [2.75, 3.05) is 12.4 Å². The molecule has 0 fully saturated rings. The number of aliphatic imine (C=N–C) groups is 1. The van der Waals surface area contributed by atoms with Gasteiger partial charge in [-0.1, -0.05) is 12.1 Å². The molecular weight excluding hydrogens is 587 g/mol. The largest absolute Gasteiger partial charge is 0.459 e. The molecule has 2 aromatic rings. The van der Waals surface area contributed by atoms with E-state index in [2.05, 4.69) is 4.99 Å². The van der Waals surface area contributed by atoms with Gasteiger partial charge in [-0.05, 0) is 49.6 Å². The summed E-state index contributed by atoms with van der Waals surface area (Å²) in [7, 11) is 0.474. The van der Waals surface area contributed by atoms with Gasteiger partial charge < -0.3 is 5.32 Å². The van der Waals surface area contributed by atoms with Gasteiger partial charge in [0.2, 0.25) is 0 Å². The van der Waals surface area contributed by atoms with E-state index in [4.69, 9.17) is 0 Å². The number of carbonyl (C=O) groups excluding carboxylic acids is 1. The molecule has 0 bridgehead atoms. The highest BCUT2D eigenvalue weighted by atomic mass is 19.4. The van der Waals surface area contributed by atoms with Crippen molar-refractivity contribution < 1.29 is 58.0 Å². The minimum atomic E-state index is -6.28. The lowest BCUT2D eigenvalue weighted by Gasteiger charge is -2.23. The van der Waals surface area contributed by atoms with Crippen molar-refractivity contribution in [3.8, 4) is 0 Å². The number of nitro benzene ring substituents is 1. The maximum atomic E-state index is 14.3. The molecule has 0 radical (unpaired) electrons. The van der Waals surface area contributed by atoms with Gasteiger partial charge in [-0.2, -0.15) is 48.3 Å². The molecule has 0 atom stereocenters. The molecule has 1 amide bonds. The second-order valence-corrected chi connectivity index (χ2v) is 8.43. The molecule has 1 N–H and O–H groups in total. The molecule has 2 aromatic carbocycles. The molecule has 0 saturated carbocycles. The second-order valence-electron chi connectivity index (χ2n) is 8.43. The zero-order chi connectivity index (χ0) is 31.6. The van der Waals surface area contributed by atoms with Gasteiger partial charge in [0.05, 0.1) is 21.6 Å². The van der Waals surface area contributed by atoms with Crippen LogP contribution in [0.5, 0.6) is 0 Å². The van der Waals surface area contributed by atoms with Gasteiger partial charge in [0.25, 0.3) is 11.6 Å². The maximum Gasteiger partial charge on any atom is 0.459 e. The topological polar surface area (TPSA) is 84.6 Å². The van der Waals surface area contributed by atoms with Crippen molar-refractivity contribution in [3.63, 3.8) is 0 Å². The Kier molecular flexibility index (Phi) is 9.56. The molecule has 2 rings (SSSR count). The van der Waals surface area contributed by atoms with Gasteiger partial charge in [0, 0.05) is 24.4 Å². The standard InChI is InChI=1S/C24H18F11N3O3/c1-12-8-13(6-7-18(12)38(40)41)4-3-5-17(19(36-2)21(25,26)24(33,34)35)20(39)37-16-10-14(22(27,28)29)9-15(11-16)23(30,31)32/h5-11H,3-4H2,1-2H3,(H,37,39)/b17-5+,36-19?. The van der Waals surface area contributed by atoms with Crippen molar-refractivity contribution in [1.82, 2.24) is 0 Å². The second kappa shape index (κ2) is 11.8. The number of rotatable bonds is 8. The highest BCUT2D eigenvalue weighted by Gasteiger charge is 2.62. The Morgan fingerprint density at radius 1 is 0.927 bits per heavy atom. The van der Waals surface area contributed by atoms with E-state index in [1.165, 1.54) is 24.4 Å². The number of benzene rings is 2. The lowest BCUT2D eigenvalue weighted by atomic mass is 9.99. The molecule has 224 valence electrons. The molecule has 0 saturated heterocycles. The van der Waals surface area contributed by atoms with Gasteiger partial charge in [-0.3, -0.25) is 19.9 Å². The van der Waals surface area contributed by atoms with Crippen molar-refractivity contribution >= 4 is 23.0 Å². The number of aryl methyl sites for hydroxylation is 2. The molecule has 0 aliphatic rings. The number of nitro groups is 1. The highest BCUT2D eigenvalue weighted by molar-refractivity contribution is 6.27. The average Bonchev–Trinajstić information content (AvgIpc) is 2.81. The third kappa shape index (κ3) is 8.00. The van der Waals surface area contributed by atoms with Crippen molar-refractivity contribution in [2.24, 2.45) is 4.99 Å².